The lowest BCUT2D eigenvalue weighted by Crippen LogP contribution is -2.37. The van der Waals surface area contributed by atoms with Gasteiger partial charge in [-0.15, -0.1) is 0 Å². The molecule has 1 atom stereocenters. The molecule has 6 nitrogen and oxygen atoms in total. The molecule has 2 heterocycles. The number of fused-ring (bicyclic) bond motifs is 1. The van der Waals surface area contributed by atoms with Crippen molar-refractivity contribution in [1.82, 2.24) is 0 Å². The first-order valence-corrected chi connectivity index (χ1v) is 10.1. The molecule has 0 aromatic heterocycles. The number of rotatable bonds is 3. The zero-order valence-electron chi connectivity index (χ0n) is 16.6. The van der Waals surface area contributed by atoms with Crippen LogP contribution in [0.3, 0.4) is 0 Å². The van der Waals surface area contributed by atoms with Crippen LogP contribution in [0.25, 0.3) is 0 Å². The number of anilines is 2. The van der Waals surface area contributed by atoms with Gasteiger partial charge in [-0.05, 0) is 59.4 Å². The van der Waals surface area contributed by atoms with Gasteiger partial charge in [0.1, 0.15) is 5.75 Å². The van der Waals surface area contributed by atoms with Gasteiger partial charge in [0.05, 0.1) is 19.3 Å². The average Bonchev–Trinajstić information content (AvgIpc) is 2.66. The summed E-state index contributed by atoms with van der Waals surface area (Å²) < 4.78 is 10.3. The summed E-state index contributed by atoms with van der Waals surface area (Å²) in [6.07, 6.45) is -0.517. The van der Waals surface area contributed by atoms with Crippen molar-refractivity contribution in [2.45, 2.75) is 26.3 Å². The molecule has 1 fully saturated rings. The highest BCUT2D eigenvalue weighted by Crippen LogP contribution is 2.46. The smallest absolute Gasteiger partial charge is 0.449 e. The number of halogens is 1. The summed E-state index contributed by atoms with van der Waals surface area (Å²) >= 11 is 6.49. The van der Waals surface area contributed by atoms with E-state index >= 15 is 0 Å². The van der Waals surface area contributed by atoms with Gasteiger partial charge in [-0.3, -0.25) is 0 Å². The van der Waals surface area contributed by atoms with Crippen molar-refractivity contribution in [3.05, 3.63) is 52.5 Å². The van der Waals surface area contributed by atoms with Crippen molar-refractivity contribution in [3.63, 3.8) is 0 Å². The highest BCUT2D eigenvalue weighted by atomic mass is 35.5. The van der Waals surface area contributed by atoms with E-state index < -0.39 is 6.16 Å². The Labute approximate surface area is 175 Å². The number of morpholine rings is 1. The van der Waals surface area contributed by atoms with Crippen molar-refractivity contribution in [1.29, 1.82) is 0 Å². The minimum Gasteiger partial charge on any atom is -0.449 e. The maximum Gasteiger partial charge on any atom is 0.511 e. The van der Waals surface area contributed by atoms with Crippen molar-refractivity contribution >= 4 is 29.1 Å². The predicted molar refractivity (Wildman–Crippen MR) is 113 cm³/mol. The van der Waals surface area contributed by atoms with Gasteiger partial charge in [0, 0.05) is 29.5 Å². The Morgan fingerprint density at radius 1 is 1.24 bits per heavy atom. The molecule has 0 spiro atoms. The summed E-state index contributed by atoms with van der Waals surface area (Å²) in [7, 11) is 0. The summed E-state index contributed by atoms with van der Waals surface area (Å²) in [5, 5.41) is 13.2. The second kappa shape index (κ2) is 7.76. The molecule has 0 bridgehead atoms. The van der Waals surface area contributed by atoms with Gasteiger partial charge >= 0.3 is 6.16 Å². The quantitative estimate of drug-likeness (QED) is 0.543. The lowest BCUT2D eigenvalue weighted by atomic mass is 9.73. The molecule has 2 aromatic carbocycles. The first kappa shape index (κ1) is 19.9. The monoisotopic (exact) mass is 416 g/mol. The Morgan fingerprint density at radius 3 is 2.72 bits per heavy atom. The normalized spacial score (nSPS) is 20.5. The molecule has 154 valence electrons. The zero-order valence-corrected chi connectivity index (χ0v) is 17.3. The standard InChI is InChI=1S/C22H25ClN2O4/c1-22(2)13-15-11-18(29-21(26)27)3-4-19(15)24-20(22)14-9-16(23)12-17(10-14)25-5-7-28-8-6-25/h3-4,9-12,20,24H,5-8,13H2,1-2H3,(H,26,27). The van der Waals surface area contributed by atoms with Gasteiger partial charge in [0.25, 0.3) is 0 Å². The summed E-state index contributed by atoms with van der Waals surface area (Å²) in [6, 6.07) is 11.7. The van der Waals surface area contributed by atoms with Crippen LogP contribution in [-0.2, 0) is 11.2 Å². The SMILES string of the molecule is CC1(C)Cc2cc(OC(=O)O)ccc2NC1c1cc(Cl)cc(N2CCOCC2)c1. The van der Waals surface area contributed by atoms with Crippen LogP contribution in [0.1, 0.15) is 31.0 Å². The lowest BCUT2D eigenvalue weighted by Gasteiger charge is -2.42. The molecule has 0 saturated carbocycles. The van der Waals surface area contributed by atoms with Crippen LogP contribution >= 0.6 is 11.6 Å². The van der Waals surface area contributed by atoms with Crippen LogP contribution in [0.4, 0.5) is 16.2 Å². The second-order valence-corrected chi connectivity index (χ2v) is 8.71. The molecular formula is C22H25ClN2O4. The highest BCUT2D eigenvalue weighted by molar-refractivity contribution is 6.31. The van der Waals surface area contributed by atoms with E-state index in [4.69, 9.17) is 26.2 Å². The van der Waals surface area contributed by atoms with Crippen molar-refractivity contribution < 1.29 is 19.4 Å². The number of carboxylic acid groups (broad SMARTS) is 1. The summed E-state index contributed by atoms with van der Waals surface area (Å²) in [5.41, 5.74) is 4.17. The minimum atomic E-state index is -1.31. The van der Waals surface area contributed by atoms with E-state index in [2.05, 4.69) is 30.1 Å². The molecule has 4 rings (SSSR count). The first-order chi connectivity index (χ1) is 13.8. The Morgan fingerprint density at radius 2 is 2.00 bits per heavy atom. The third kappa shape index (κ3) is 4.28. The fourth-order valence-electron chi connectivity index (χ4n) is 4.27. The van der Waals surface area contributed by atoms with Gasteiger partial charge in [0.2, 0.25) is 0 Å². The molecule has 7 heteroatoms. The minimum absolute atomic E-state index is 0.0692. The zero-order chi connectivity index (χ0) is 20.6. The van der Waals surface area contributed by atoms with Gasteiger partial charge in [-0.1, -0.05) is 25.4 Å². The summed E-state index contributed by atoms with van der Waals surface area (Å²) in [5.74, 6) is 0.338. The van der Waals surface area contributed by atoms with Crippen molar-refractivity contribution in [2.24, 2.45) is 5.41 Å². The fraction of sp³-hybridized carbons (Fsp3) is 0.409. The van der Waals surface area contributed by atoms with Crippen LogP contribution in [0.15, 0.2) is 36.4 Å². The molecule has 0 radical (unpaired) electrons. The molecule has 29 heavy (non-hydrogen) atoms. The third-order valence-corrected chi connectivity index (χ3v) is 5.84. The van der Waals surface area contributed by atoms with Crippen LogP contribution in [0.5, 0.6) is 5.75 Å². The Kier molecular flexibility index (Phi) is 5.32. The number of benzene rings is 2. The van der Waals surface area contributed by atoms with E-state index in [0.717, 1.165) is 60.2 Å². The Hall–Kier alpha value is -2.44. The Bertz CT molecular complexity index is 925. The van der Waals surface area contributed by atoms with Crippen LogP contribution in [0, 0.1) is 5.41 Å². The van der Waals surface area contributed by atoms with Crippen molar-refractivity contribution in [3.8, 4) is 5.75 Å². The van der Waals surface area contributed by atoms with Gasteiger partial charge < -0.3 is 24.8 Å². The molecule has 2 N–H and O–H groups in total. The number of nitrogens with one attached hydrogen (secondary N) is 1. The maximum absolute atomic E-state index is 10.8. The summed E-state index contributed by atoms with van der Waals surface area (Å²) in [6.45, 7) is 7.57. The maximum atomic E-state index is 10.8. The second-order valence-electron chi connectivity index (χ2n) is 8.27. The van der Waals surface area contributed by atoms with E-state index in [1.807, 2.05) is 18.2 Å². The van der Waals surface area contributed by atoms with E-state index in [-0.39, 0.29) is 11.5 Å². The summed E-state index contributed by atoms with van der Waals surface area (Å²) in [4.78, 5) is 13.1. The number of hydrogen-bond donors (Lipinski definition) is 2. The lowest BCUT2D eigenvalue weighted by molar-refractivity contribution is 0.122. The van der Waals surface area contributed by atoms with Gasteiger partial charge in [-0.25, -0.2) is 4.79 Å². The molecule has 0 aliphatic carbocycles. The molecule has 2 aliphatic heterocycles. The third-order valence-electron chi connectivity index (χ3n) is 5.62. The topological polar surface area (TPSA) is 71.0 Å². The average molecular weight is 417 g/mol. The van der Waals surface area contributed by atoms with E-state index in [0.29, 0.717) is 5.75 Å². The molecular weight excluding hydrogens is 392 g/mol. The van der Waals surface area contributed by atoms with Crippen LogP contribution < -0.4 is 15.0 Å². The molecule has 2 aromatic rings. The first-order valence-electron chi connectivity index (χ1n) is 9.75. The largest absolute Gasteiger partial charge is 0.511 e. The van der Waals surface area contributed by atoms with E-state index in [1.165, 1.54) is 0 Å². The highest BCUT2D eigenvalue weighted by Gasteiger charge is 2.36. The molecule has 2 aliphatic rings. The molecule has 1 saturated heterocycles. The number of ether oxygens (including phenoxy) is 2. The van der Waals surface area contributed by atoms with E-state index in [1.54, 1.807) is 12.1 Å². The van der Waals surface area contributed by atoms with Gasteiger partial charge in [0.15, 0.2) is 0 Å². The Balaban J connectivity index is 1.65. The van der Waals surface area contributed by atoms with Crippen LogP contribution in [-0.4, -0.2) is 37.6 Å². The number of nitrogens with zero attached hydrogens (tertiary/aromatic N) is 1. The van der Waals surface area contributed by atoms with Gasteiger partial charge in [-0.2, -0.15) is 0 Å². The number of hydrogen-bond acceptors (Lipinski definition) is 5. The fourth-order valence-corrected chi connectivity index (χ4v) is 4.50. The van der Waals surface area contributed by atoms with Crippen LogP contribution in [0.2, 0.25) is 5.02 Å². The molecule has 1 unspecified atom stereocenters. The van der Waals surface area contributed by atoms with E-state index in [9.17, 15) is 4.79 Å². The van der Waals surface area contributed by atoms with Crippen molar-refractivity contribution in [2.75, 3.05) is 36.5 Å². The predicted octanol–water partition coefficient (Wildman–Crippen LogP) is 4.97. The number of carbonyl (C=O) groups is 1. The molecule has 0 amide bonds.